The Hall–Kier alpha value is -2.46. The predicted molar refractivity (Wildman–Crippen MR) is 85.7 cm³/mol. The Morgan fingerprint density at radius 2 is 2.08 bits per heavy atom. The Kier molecular flexibility index (Phi) is 5.29. The first-order valence-corrected chi connectivity index (χ1v) is 7.69. The molecule has 10 heteroatoms. The summed E-state index contributed by atoms with van der Waals surface area (Å²) in [6, 6.07) is 1.30. The van der Waals surface area contributed by atoms with E-state index in [0.29, 0.717) is 19.0 Å². The third-order valence-electron chi connectivity index (χ3n) is 3.55. The van der Waals surface area contributed by atoms with Crippen molar-refractivity contribution in [3.63, 3.8) is 0 Å². The molecule has 0 spiro atoms. The second-order valence-electron chi connectivity index (χ2n) is 5.41. The van der Waals surface area contributed by atoms with Crippen LogP contribution in [0.1, 0.15) is 5.56 Å². The number of morpholine rings is 1. The average molecular weight is 354 g/mol. The van der Waals surface area contributed by atoms with Crippen molar-refractivity contribution in [3.05, 3.63) is 36.4 Å². The fourth-order valence-corrected chi connectivity index (χ4v) is 2.37. The first-order valence-electron chi connectivity index (χ1n) is 7.69. The summed E-state index contributed by atoms with van der Waals surface area (Å²) < 4.78 is 45.1. The Balaban J connectivity index is 1.77. The van der Waals surface area contributed by atoms with E-state index in [9.17, 15) is 13.2 Å². The third kappa shape index (κ3) is 4.77. The average Bonchev–Trinajstić information content (AvgIpc) is 2.61. The molecule has 134 valence electrons. The van der Waals surface area contributed by atoms with E-state index in [0.717, 1.165) is 12.7 Å². The van der Waals surface area contributed by atoms with Crippen LogP contribution in [0.15, 0.2) is 30.9 Å². The van der Waals surface area contributed by atoms with Crippen molar-refractivity contribution in [1.29, 1.82) is 0 Å². The first kappa shape index (κ1) is 17.4. The van der Waals surface area contributed by atoms with Crippen LogP contribution >= 0.6 is 0 Å². The summed E-state index contributed by atoms with van der Waals surface area (Å²) in [4.78, 5) is 11.7. The van der Waals surface area contributed by atoms with Gasteiger partial charge in [-0.3, -0.25) is 4.98 Å². The summed E-state index contributed by atoms with van der Waals surface area (Å²) in [5, 5.41) is 8.77. The van der Waals surface area contributed by atoms with Crippen LogP contribution in [0.25, 0.3) is 0 Å². The molecule has 0 amide bonds. The molecule has 1 saturated heterocycles. The number of rotatable bonds is 5. The monoisotopic (exact) mass is 354 g/mol. The van der Waals surface area contributed by atoms with E-state index in [-0.39, 0.29) is 24.2 Å². The summed E-state index contributed by atoms with van der Waals surface area (Å²) in [7, 11) is 0. The van der Waals surface area contributed by atoms with Crippen molar-refractivity contribution in [2.45, 2.75) is 12.3 Å². The van der Waals surface area contributed by atoms with E-state index in [2.05, 4.69) is 30.9 Å². The number of hydrogen-bond donors (Lipinski definition) is 3. The molecule has 0 radical (unpaired) electrons. The second-order valence-corrected chi connectivity index (χ2v) is 5.41. The summed E-state index contributed by atoms with van der Waals surface area (Å²) in [6.07, 6.45) is 0.510. The molecule has 1 aliphatic rings. The lowest BCUT2D eigenvalue weighted by Crippen LogP contribution is -2.42. The van der Waals surface area contributed by atoms with Crippen molar-refractivity contribution in [3.8, 4) is 0 Å². The van der Waals surface area contributed by atoms with Crippen LogP contribution in [0.2, 0.25) is 0 Å². The highest BCUT2D eigenvalue weighted by Crippen LogP contribution is 2.35. The SMILES string of the molecule is FC(F)(F)c1cnc(Nc2cnccn2)cc1NC[C@@H]1CNCCO1. The van der Waals surface area contributed by atoms with Gasteiger partial charge in [0.15, 0.2) is 0 Å². The topological polar surface area (TPSA) is 84.0 Å². The molecule has 2 aromatic rings. The van der Waals surface area contributed by atoms with Crippen molar-refractivity contribution >= 4 is 17.3 Å². The molecule has 3 N–H and O–H groups in total. The largest absolute Gasteiger partial charge is 0.419 e. The lowest BCUT2D eigenvalue weighted by Gasteiger charge is -2.25. The molecule has 3 heterocycles. The Labute approximate surface area is 142 Å². The highest BCUT2D eigenvalue weighted by molar-refractivity contribution is 5.62. The Morgan fingerprint density at radius 3 is 2.76 bits per heavy atom. The number of halogens is 3. The van der Waals surface area contributed by atoms with Gasteiger partial charge >= 0.3 is 6.18 Å². The van der Waals surface area contributed by atoms with Crippen molar-refractivity contribution < 1.29 is 17.9 Å². The van der Waals surface area contributed by atoms with Crippen LogP contribution in [0, 0.1) is 0 Å². The maximum absolute atomic E-state index is 13.2. The lowest BCUT2D eigenvalue weighted by atomic mass is 10.2. The third-order valence-corrected chi connectivity index (χ3v) is 3.55. The molecule has 7 nitrogen and oxygen atoms in total. The number of ether oxygens (including phenoxy) is 1. The molecule has 3 rings (SSSR count). The van der Waals surface area contributed by atoms with Gasteiger partial charge < -0.3 is 20.7 Å². The van der Waals surface area contributed by atoms with Crippen LogP contribution in [0.5, 0.6) is 0 Å². The van der Waals surface area contributed by atoms with Gasteiger partial charge in [0, 0.05) is 44.3 Å². The van der Waals surface area contributed by atoms with Gasteiger partial charge in [0.1, 0.15) is 11.6 Å². The fourth-order valence-electron chi connectivity index (χ4n) is 2.37. The van der Waals surface area contributed by atoms with Crippen LogP contribution in [-0.4, -0.2) is 47.3 Å². The number of nitrogens with one attached hydrogen (secondary N) is 3. The van der Waals surface area contributed by atoms with Crippen LogP contribution in [-0.2, 0) is 10.9 Å². The molecule has 0 aromatic carbocycles. The van der Waals surface area contributed by atoms with E-state index in [1.165, 1.54) is 24.7 Å². The fraction of sp³-hybridized carbons (Fsp3) is 0.400. The van der Waals surface area contributed by atoms with E-state index in [1.54, 1.807) is 0 Å². The molecular weight excluding hydrogens is 337 g/mol. The minimum absolute atomic E-state index is 0.0666. The van der Waals surface area contributed by atoms with E-state index in [4.69, 9.17) is 4.74 Å². The second kappa shape index (κ2) is 7.62. The zero-order chi connectivity index (χ0) is 17.7. The van der Waals surface area contributed by atoms with Gasteiger partial charge in [-0.1, -0.05) is 0 Å². The molecule has 0 saturated carbocycles. The number of aromatic nitrogens is 3. The molecule has 0 bridgehead atoms. The number of alkyl halides is 3. The van der Waals surface area contributed by atoms with Gasteiger partial charge in [0.05, 0.1) is 30.2 Å². The number of nitrogens with zero attached hydrogens (tertiary/aromatic N) is 3. The van der Waals surface area contributed by atoms with Gasteiger partial charge in [0.25, 0.3) is 0 Å². The van der Waals surface area contributed by atoms with Gasteiger partial charge in [-0.05, 0) is 0 Å². The Morgan fingerprint density at radius 1 is 1.20 bits per heavy atom. The highest BCUT2D eigenvalue weighted by atomic mass is 19.4. The molecule has 2 aromatic heterocycles. The molecule has 0 unspecified atom stereocenters. The molecular formula is C15H17F3N6O. The van der Waals surface area contributed by atoms with Crippen LogP contribution in [0.3, 0.4) is 0 Å². The summed E-state index contributed by atoms with van der Waals surface area (Å²) in [5.74, 6) is 0.624. The molecule has 1 atom stereocenters. The van der Waals surface area contributed by atoms with E-state index < -0.39 is 11.7 Å². The molecule has 0 aliphatic carbocycles. The summed E-state index contributed by atoms with van der Waals surface area (Å²) in [5.41, 5.74) is -0.899. The summed E-state index contributed by atoms with van der Waals surface area (Å²) >= 11 is 0. The van der Waals surface area contributed by atoms with Crippen molar-refractivity contribution in [2.75, 3.05) is 36.9 Å². The zero-order valence-electron chi connectivity index (χ0n) is 13.2. The van der Waals surface area contributed by atoms with Gasteiger partial charge in [-0.2, -0.15) is 13.2 Å². The first-order chi connectivity index (χ1) is 12.0. The standard InChI is InChI=1S/C15H17F3N6O/c16-15(17,18)11-8-23-13(24-14-9-19-1-2-21-14)5-12(11)22-7-10-6-20-3-4-25-10/h1-2,5,8-10,20H,3-4,6-7H2,(H2,21,22,23,24)/t10-/m0/s1. The van der Waals surface area contributed by atoms with Gasteiger partial charge in [0.2, 0.25) is 0 Å². The predicted octanol–water partition coefficient (Wildman–Crippen LogP) is 2.03. The number of hydrogen-bond acceptors (Lipinski definition) is 7. The minimum atomic E-state index is -4.51. The van der Waals surface area contributed by atoms with Crippen LogP contribution < -0.4 is 16.0 Å². The Bertz CT molecular complexity index is 691. The van der Waals surface area contributed by atoms with E-state index >= 15 is 0 Å². The highest BCUT2D eigenvalue weighted by Gasteiger charge is 2.34. The van der Waals surface area contributed by atoms with Crippen LogP contribution in [0.4, 0.5) is 30.5 Å². The number of pyridine rings is 1. The zero-order valence-corrected chi connectivity index (χ0v) is 13.2. The maximum Gasteiger partial charge on any atom is 0.419 e. The maximum atomic E-state index is 13.2. The van der Waals surface area contributed by atoms with Crippen molar-refractivity contribution in [1.82, 2.24) is 20.3 Å². The van der Waals surface area contributed by atoms with Crippen molar-refractivity contribution in [2.24, 2.45) is 0 Å². The normalized spacial score (nSPS) is 18.0. The summed E-state index contributed by atoms with van der Waals surface area (Å²) in [6.45, 7) is 2.12. The molecule has 1 aliphatic heterocycles. The van der Waals surface area contributed by atoms with Gasteiger partial charge in [-0.25, -0.2) is 9.97 Å². The lowest BCUT2D eigenvalue weighted by molar-refractivity contribution is -0.137. The quantitative estimate of drug-likeness (QED) is 0.758. The molecule has 1 fully saturated rings. The number of anilines is 3. The smallest absolute Gasteiger partial charge is 0.382 e. The molecule has 25 heavy (non-hydrogen) atoms. The van der Waals surface area contributed by atoms with Gasteiger partial charge in [-0.15, -0.1) is 0 Å². The van der Waals surface area contributed by atoms with E-state index in [1.807, 2.05) is 0 Å². The minimum Gasteiger partial charge on any atom is -0.382 e.